The predicted molar refractivity (Wildman–Crippen MR) is 76.8 cm³/mol. The van der Waals surface area contributed by atoms with Crippen LogP contribution in [0.25, 0.3) is 0 Å². The second kappa shape index (κ2) is 6.84. The summed E-state index contributed by atoms with van der Waals surface area (Å²) in [6.45, 7) is 5.29. The van der Waals surface area contributed by atoms with Crippen molar-refractivity contribution in [2.45, 2.75) is 39.4 Å². The zero-order valence-corrected chi connectivity index (χ0v) is 11.9. The van der Waals surface area contributed by atoms with Crippen LogP contribution in [0.15, 0.2) is 43.0 Å². The molecule has 0 unspecified atom stereocenters. The van der Waals surface area contributed by atoms with E-state index in [2.05, 4.69) is 10.1 Å². The minimum absolute atomic E-state index is 0.138. The molecule has 0 aliphatic heterocycles. The smallest absolute Gasteiger partial charge is 0.224 e. The maximum atomic E-state index is 12.3. The number of carbonyl (C=O) groups is 1. The van der Waals surface area contributed by atoms with Crippen molar-refractivity contribution in [2.24, 2.45) is 0 Å². The molecule has 0 spiro atoms. The third-order valence-corrected chi connectivity index (χ3v) is 3.16. The quantitative estimate of drug-likeness (QED) is 0.809. The van der Waals surface area contributed by atoms with Crippen LogP contribution in [0.5, 0.6) is 0 Å². The molecule has 0 saturated carbocycles. The molecule has 5 heteroatoms. The van der Waals surface area contributed by atoms with Crippen molar-refractivity contribution in [3.8, 4) is 0 Å². The maximum Gasteiger partial charge on any atom is 0.224 e. The van der Waals surface area contributed by atoms with Gasteiger partial charge in [-0.1, -0.05) is 30.3 Å². The summed E-state index contributed by atoms with van der Waals surface area (Å²) in [5.74, 6) is 0.138. The Bertz CT molecular complexity index is 522. The minimum atomic E-state index is 0.138. The first-order valence-corrected chi connectivity index (χ1v) is 6.82. The molecule has 0 bridgehead atoms. The number of hydrogen-bond acceptors (Lipinski definition) is 3. The van der Waals surface area contributed by atoms with Gasteiger partial charge in [0.25, 0.3) is 0 Å². The molecule has 5 nitrogen and oxygen atoms in total. The first-order chi connectivity index (χ1) is 9.66. The van der Waals surface area contributed by atoms with Gasteiger partial charge in [-0.05, 0) is 19.4 Å². The average molecular weight is 272 g/mol. The fraction of sp³-hybridized carbons (Fsp3) is 0.400. The third-order valence-electron chi connectivity index (χ3n) is 3.16. The Hall–Kier alpha value is -2.17. The highest BCUT2D eigenvalue weighted by atomic mass is 16.2. The van der Waals surface area contributed by atoms with Crippen LogP contribution in [0.2, 0.25) is 0 Å². The van der Waals surface area contributed by atoms with E-state index in [1.165, 1.54) is 6.33 Å². The number of carbonyl (C=O) groups excluding carboxylic acids is 1. The lowest BCUT2D eigenvalue weighted by Gasteiger charge is -2.27. The van der Waals surface area contributed by atoms with Crippen LogP contribution in [0.1, 0.15) is 25.8 Å². The lowest BCUT2D eigenvalue weighted by atomic mass is 10.1. The fourth-order valence-electron chi connectivity index (χ4n) is 2.04. The monoisotopic (exact) mass is 272 g/mol. The van der Waals surface area contributed by atoms with Crippen molar-refractivity contribution >= 4 is 5.91 Å². The maximum absolute atomic E-state index is 12.3. The molecule has 106 valence electrons. The molecule has 1 aromatic heterocycles. The molecule has 1 aromatic carbocycles. The van der Waals surface area contributed by atoms with E-state index in [1.807, 2.05) is 49.1 Å². The van der Waals surface area contributed by atoms with Gasteiger partial charge in [0.15, 0.2) is 0 Å². The van der Waals surface area contributed by atoms with E-state index in [1.54, 1.807) is 11.0 Å². The van der Waals surface area contributed by atoms with E-state index < -0.39 is 0 Å². The number of nitrogens with zero attached hydrogens (tertiary/aromatic N) is 4. The van der Waals surface area contributed by atoms with Gasteiger partial charge in [-0.25, -0.2) is 4.98 Å². The van der Waals surface area contributed by atoms with Gasteiger partial charge >= 0.3 is 0 Å². The van der Waals surface area contributed by atoms with Gasteiger partial charge in [-0.3, -0.25) is 9.48 Å². The highest BCUT2D eigenvalue weighted by Crippen LogP contribution is 2.10. The topological polar surface area (TPSA) is 51.0 Å². The molecule has 2 rings (SSSR count). The lowest BCUT2D eigenvalue weighted by Crippen LogP contribution is -2.36. The summed E-state index contributed by atoms with van der Waals surface area (Å²) in [5.41, 5.74) is 1.15. The van der Waals surface area contributed by atoms with Crippen LogP contribution in [-0.2, 0) is 17.9 Å². The van der Waals surface area contributed by atoms with Gasteiger partial charge in [-0.15, -0.1) is 0 Å². The van der Waals surface area contributed by atoms with Crippen molar-refractivity contribution in [1.82, 2.24) is 19.7 Å². The summed E-state index contributed by atoms with van der Waals surface area (Å²) in [5, 5.41) is 4.01. The minimum Gasteiger partial charge on any atom is -0.336 e. The average Bonchev–Trinajstić information content (AvgIpc) is 2.96. The van der Waals surface area contributed by atoms with E-state index in [0.717, 1.165) is 5.56 Å². The molecule has 1 amide bonds. The molecule has 2 aromatic rings. The highest BCUT2D eigenvalue weighted by molar-refractivity contribution is 5.76. The number of aromatic nitrogens is 3. The number of rotatable bonds is 6. The summed E-state index contributed by atoms with van der Waals surface area (Å²) >= 11 is 0. The van der Waals surface area contributed by atoms with Crippen molar-refractivity contribution < 1.29 is 4.79 Å². The van der Waals surface area contributed by atoms with Crippen molar-refractivity contribution in [1.29, 1.82) is 0 Å². The molecule has 20 heavy (non-hydrogen) atoms. The molecule has 0 fully saturated rings. The van der Waals surface area contributed by atoms with Crippen molar-refractivity contribution in [3.05, 3.63) is 48.5 Å². The largest absolute Gasteiger partial charge is 0.336 e. The van der Waals surface area contributed by atoms with Gasteiger partial charge in [-0.2, -0.15) is 5.10 Å². The molecule has 0 atom stereocenters. The Labute approximate surface area is 119 Å². The zero-order chi connectivity index (χ0) is 14.4. The number of aryl methyl sites for hydroxylation is 1. The molecular weight excluding hydrogens is 252 g/mol. The van der Waals surface area contributed by atoms with Gasteiger partial charge in [0, 0.05) is 19.0 Å². The Morgan fingerprint density at radius 3 is 2.65 bits per heavy atom. The van der Waals surface area contributed by atoms with Crippen LogP contribution < -0.4 is 0 Å². The zero-order valence-electron chi connectivity index (χ0n) is 11.9. The van der Waals surface area contributed by atoms with Crippen LogP contribution in [0.3, 0.4) is 0 Å². The van der Waals surface area contributed by atoms with Crippen molar-refractivity contribution in [2.75, 3.05) is 0 Å². The van der Waals surface area contributed by atoms with E-state index in [0.29, 0.717) is 19.5 Å². The van der Waals surface area contributed by atoms with Gasteiger partial charge < -0.3 is 4.90 Å². The number of hydrogen-bond donors (Lipinski definition) is 0. The van der Waals surface area contributed by atoms with Crippen LogP contribution in [0.4, 0.5) is 0 Å². The number of amides is 1. The molecule has 1 heterocycles. The van der Waals surface area contributed by atoms with Crippen LogP contribution in [-0.4, -0.2) is 31.6 Å². The van der Waals surface area contributed by atoms with Gasteiger partial charge in [0.05, 0.1) is 6.54 Å². The Balaban J connectivity index is 1.95. The standard InChI is InChI=1S/C15H20N4O/c1-13(2)19(10-14-6-4-3-5-7-14)15(20)8-9-18-12-16-11-17-18/h3-7,11-13H,8-10H2,1-2H3. The second-order valence-electron chi connectivity index (χ2n) is 5.01. The normalized spacial score (nSPS) is 10.8. The predicted octanol–water partition coefficient (Wildman–Crippen LogP) is 2.11. The van der Waals surface area contributed by atoms with Gasteiger partial charge in [0.1, 0.15) is 12.7 Å². The third kappa shape index (κ3) is 3.91. The summed E-state index contributed by atoms with van der Waals surface area (Å²) in [7, 11) is 0. The van der Waals surface area contributed by atoms with Gasteiger partial charge in [0.2, 0.25) is 5.91 Å². The first-order valence-electron chi connectivity index (χ1n) is 6.82. The van der Waals surface area contributed by atoms with E-state index in [9.17, 15) is 4.79 Å². The summed E-state index contributed by atoms with van der Waals surface area (Å²) in [6.07, 6.45) is 3.55. The number of benzene rings is 1. The molecule has 0 radical (unpaired) electrons. The highest BCUT2D eigenvalue weighted by Gasteiger charge is 2.17. The Morgan fingerprint density at radius 1 is 1.30 bits per heavy atom. The van der Waals surface area contributed by atoms with E-state index in [-0.39, 0.29) is 11.9 Å². The lowest BCUT2D eigenvalue weighted by molar-refractivity contribution is -0.133. The Kier molecular flexibility index (Phi) is 4.87. The fourth-order valence-corrected chi connectivity index (χ4v) is 2.04. The SMILES string of the molecule is CC(C)N(Cc1ccccc1)C(=O)CCn1cncn1. The van der Waals surface area contributed by atoms with E-state index in [4.69, 9.17) is 0 Å². The first kappa shape index (κ1) is 14.2. The molecule has 0 aliphatic carbocycles. The molecule has 0 N–H and O–H groups in total. The summed E-state index contributed by atoms with van der Waals surface area (Å²) in [6, 6.07) is 10.2. The molecule has 0 saturated heterocycles. The Morgan fingerprint density at radius 2 is 2.05 bits per heavy atom. The molecular formula is C15H20N4O. The summed E-state index contributed by atoms with van der Waals surface area (Å²) < 4.78 is 1.68. The van der Waals surface area contributed by atoms with Crippen LogP contribution >= 0.6 is 0 Å². The summed E-state index contributed by atoms with van der Waals surface area (Å²) in [4.78, 5) is 18.1. The second-order valence-corrected chi connectivity index (χ2v) is 5.01. The van der Waals surface area contributed by atoms with Crippen LogP contribution in [0, 0.1) is 0 Å². The molecule has 0 aliphatic rings. The van der Waals surface area contributed by atoms with Crippen molar-refractivity contribution in [3.63, 3.8) is 0 Å². The van der Waals surface area contributed by atoms with E-state index >= 15 is 0 Å².